The smallest absolute Gasteiger partial charge is 0.144 e. The molecule has 2 heterocycles. The van der Waals surface area contributed by atoms with Crippen molar-refractivity contribution in [3.63, 3.8) is 0 Å². The van der Waals surface area contributed by atoms with Crippen molar-refractivity contribution in [2.24, 2.45) is 0 Å². The highest BCUT2D eigenvalue weighted by atomic mass is 16.3. The first-order valence-electron chi connectivity index (χ1n) is 12.4. The molecule has 2 nitrogen and oxygen atoms in total. The minimum Gasteiger partial charge on any atom is -0.455 e. The summed E-state index contributed by atoms with van der Waals surface area (Å²) in [6.07, 6.45) is 1.92. The van der Waals surface area contributed by atoms with Gasteiger partial charge in [-0.1, -0.05) is 98.8 Å². The lowest BCUT2D eigenvalue weighted by Crippen LogP contribution is -2.18. The fraction of sp³-hybridized carbons (Fsp3) is 0.0882. The van der Waals surface area contributed by atoms with Crippen molar-refractivity contribution in [3.05, 3.63) is 127 Å². The van der Waals surface area contributed by atoms with Gasteiger partial charge >= 0.3 is 0 Å². The molecule has 0 bridgehead atoms. The van der Waals surface area contributed by atoms with E-state index in [1.807, 2.05) is 6.20 Å². The highest BCUT2D eigenvalue weighted by Gasteiger charge is 2.24. The van der Waals surface area contributed by atoms with E-state index in [0.717, 1.165) is 33.2 Å². The average Bonchev–Trinajstić information content (AvgIpc) is 3.32. The molecule has 2 aromatic heterocycles. The van der Waals surface area contributed by atoms with Gasteiger partial charge in [0.2, 0.25) is 0 Å². The van der Waals surface area contributed by atoms with Crippen molar-refractivity contribution in [2.75, 3.05) is 0 Å². The van der Waals surface area contributed by atoms with E-state index in [2.05, 4.69) is 123 Å². The van der Waals surface area contributed by atoms with E-state index < -0.39 is 0 Å². The van der Waals surface area contributed by atoms with Gasteiger partial charge in [0, 0.05) is 33.3 Å². The van der Waals surface area contributed by atoms with E-state index in [1.165, 1.54) is 32.7 Å². The van der Waals surface area contributed by atoms with E-state index in [0.29, 0.717) is 0 Å². The van der Waals surface area contributed by atoms with Gasteiger partial charge in [-0.25, -0.2) is 0 Å². The van der Waals surface area contributed by atoms with Crippen LogP contribution in [0.2, 0.25) is 0 Å². The van der Waals surface area contributed by atoms with Crippen LogP contribution in [-0.4, -0.2) is 4.98 Å². The average molecular weight is 464 g/mol. The zero-order chi connectivity index (χ0) is 24.3. The summed E-state index contributed by atoms with van der Waals surface area (Å²) in [5.74, 6) is 0. The van der Waals surface area contributed by atoms with Gasteiger partial charge in [0.25, 0.3) is 0 Å². The number of furan rings is 1. The summed E-state index contributed by atoms with van der Waals surface area (Å²) in [7, 11) is 0. The molecule has 0 atom stereocenters. The zero-order valence-electron chi connectivity index (χ0n) is 20.3. The number of hydrogen-bond acceptors (Lipinski definition) is 2. The molecule has 2 heteroatoms. The molecule has 0 spiro atoms. The summed E-state index contributed by atoms with van der Waals surface area (Å²) in [4.78, 5) is 4.79. The predicted molar refractivity (Wildman–Crippen MR) is 151 cm³/mol. The fourth-order valence-electron chi connectivity index (χ4n) is 5.53. The van der Waals surface area contributed by atoms with Gasteiger partial charge < -0.3 is 4.42 Å². The Hall–Kier alpha value is -4.43. The van der Waals surface area contributed by atoms with Gasteiger partial charge in [-0.15, -0.1) is 0 Å². The molecular weight excluding hydrogens is 438 g/mol. The Bertz CT molecular complexity index is 1910. The molecule has 0 aliphatic carbocycles. The molecule has 5 aromatic carbocycles. The maximum atomic E-state index is 6.73. The molecule has 0 N–H and O–H groups in total. The first kappa shape index (κ1) is 20.9. The van der Waals surface area contributed by atoms with Crippen molar-refractivity contribution in [2.45, 2.75) is 19.3 Å². The second kappa shape index (κ2) is 7.79. The van der Waals surface area contributed by atoms with E-state index in [9.17, 15) is 0 Å². The molecule has 0 unspecified atom stereocenters. The molecule has 172 valence electrons. The van der Waals surface area contributed by atoms with Gasteiger partial charge in [0.05, 0.1) is 5.69 Å². The Morgan fingerprint density at radius 1 is 0.583 bits per heavy atom. The number of hydrogen-bond donors (Lipinski definition) is 0. The highest BCUT2D eigenvalue weighted by Crippen LogP contribution is 2.41. The normalized spacial score (nSPS) is 12.2. The molecule has 0 radical (unpaired) electrons. The monoisotopic (exact) mass is 463 g/mol. The molecule has 7 rings (SSSR count). The lowest BCUT2D eigenvalue weighted by atomic mass is 9.78. The van der Waals surface area contributed by atoms with Crippen molar-refractivity contribution in [3.8, 4) is 11.3 Å². The summed E-state index contributed by atoms with van der Waals surface area (Å²) < 4.78 is 6.73. The summed E-state index contributed by atoms with van der Waals surface area (Å²) in [6, 6.07) is 38.6. The van der Waals surface area contributed by atoms with Crippen molar-refractivity contribution in [1.29, 1.82) is 0 Å². The van der Waals surface area contributed by atoms with Crippen LogP contribution in [0.15, 0.2) is 120 Å². The number of para-hydroxylation sites is 1. The fourth-order valence-corrected chi connectivity index (χ4v) is 5.53. The first-order valence-corrected chi connectivity index (χ1v) is 12.4. The molecule has 36 heavy (non-hydrogen) atoms. The Labute approximate surface area is 209 Å². The van der Waals surface area contributed by atoms with E-state index in [4.69, 9.17) is 9.40 Å². The number of rotatable bonds is 3. The quantitative estimate of drug-likeness (QED) is 0.244. The van der Waals surface area contributed by atoms with Crippen LogP contribution in [-0.2, 0) is 5.41 Å². The van der Waals surface area contributed by atoms with Crippen molar-refractivity contribution >= 4 is 43.5 Å². The molecular formula is C34H25NO. The highest BCUT2D eigenvalue weighted by molar-refractivity contribution is 6.23. The lowest BCUT2D eigenvalue weighted by Gasteiger charge is -2.26. The number of nitrogens with zero attached hydrogens (tertiary/aromatic N) is 1. The molecule has 0 amide bonds. The van der Waals surface area contributed by atoms with Crippen LogP contribution in [0, 0.1) is 0 Å². The van der Waals surface area contributed by atoms with Crippen molar-refractivity contribution < 1.29 is 4.42 Å². The largest absolute Gasteiger partial charge is 0.455 e. The Kier molecular flexibility index (Phi) is 4.52. The van der Waals surface area contributed by atoms with Crippen LogP contribution in [0.5, 0.6) is 0 Å². The molecule has 0 saturated carbocycles. The maximum Gasteiger partial charge on any atom is 0.144 e. The van der Waals surface area contributed by atoms with E-state index >= 15 is 0 Å². The summed E-state index contributed by atoms with van der Waals surface area (Å²) in [5.41, 5.74) is 6.13. The first-order chi connectivity index (χ1) is 17.6. The lowest BCUT2D eigenvalue weighted by molar-refractivity contribution is 0.640. The predicted octanol–water partition coefficient (Wildman–Crippen LogP) is 9.28. The standard InChI is InChI=1S/C34H25NO/c1-34(2,24-10-4-3-5-11-24)25-19-20-35-30(21-25)29-14-8-13-27-28-18-17-23-16-15-22-9-6-7-12-26(22)31(23)33(28)36-32(27)29/h3-21H,1-2H3. The number of aromatic nitrogens is 1. The van der Waals surface area contributed by atoms with E-state index in [-0.39, 0.29) is 5.41 Å². The van der Waals surface area contributed by atoms with Gasteiger partial charge in [0.1, 0.15) is 11.2 Å². The van der Waals surface area contributed by atoms with Crippen molar-refractivity contribution in [1.82, 2.24) is 4.98 Å². The third-order valence-corrected chi connectivity index (χ3v) is 7.62. The Morgan fingerprint density at radius 2 is 1.31 bits per heavy atom. The Morgan fingerprint density at radius 3 is 2.19 bits per heavy atom. The molecule has 0 aliphatic rings. The van der Waals surface area contributed by atoms with Gasteiger partial charge in [-0.2, -0.15) is 0 Å². The topological polar surface area (TPSA) is 26.0 Å². The molecule has 0 fully saturated rings. The van der Waals surface area contributed by atoms with Gasteiger partial charge in [-0.05, 0) is 51.6 Å². The number of fused-ring (bicyclic) bond motifs is 7. The molecule has 7 aromatic rings. The second-order valence-corrected chi connectivity index (χ2v) is 10.0. The molecule has 0 aliphatic heterocycles. The minimum atomic E-state index is -0.143. The third kappa shape index (κ3) is 3.08. The molecule has 0 saturated heterocycles. The van der Waals surface area contributed by atoms with Gasteiger partial charge in [0.15, 0.2) is 0 Å². The van der Waals surface area contributed by atoms with Crippen LogP contribution in [0.25, 0.3) is 54.7 Å². The van der Waals surface area contributed by atoms with E-state index in [1.54, 1.807) is 0 Å². The van der Waals surface area contributed by atoms with Crippen LogP contribution in [0.4, 0.5) is 0 Å². The van der Waals surface area contributed by atoms with Crippen LogP contribution in [0.3, 0.4) is 0 Å². The number of benzene rings is 5. The summed E-state index contributed by atoms with van der Waals surface area (Å²) in [6.45, 7) is 4.53. The third-order valence-electron chi connectivity index (χ3n) is 7.62. The minimum absolute atomic E-state index is 0.143. The zero-order valence-corrected chi connectivity index (χ0v) is 20.3. The number of pyridine rings is 1. The van der Waals surface area contributed by atoms with Crippen LogP contribution < -0.4 is 0 Å². The SMILES string of the molecule is CC(C)(c1ccccc1)c1ccnc(-c2cccc3c2oc2c3ccc3ccc4ccccc4c32)c1. The van der Waals surface area contributed by atoms with Crippen LogP contribution in [0.1, 0.15) is 25.0 Å². The Balaban J connectivity index is 1.47. The van der Waals surface area contributed by atoms with Crippen LogP contribution >= 0.6 is 0 Å². The second-order valence-electron chi connectivity index (χ2n) is 10.0. The summed E-state index contributed by atoms with van der Waals surface area (Å²) in [5, 5.41) is 7.04. The summed E-state index contributed by atoms with van der Waals surface area (Å²) >= 11 is 0. The van der Waals surface area contributed by atoms with Gasteiger partial charge in [-0.3, -0.25) is 4.98 Å². The maximum absolute atomic E-state index is 6.73.